The van der Waals surface area contributed by atoms with Gasteiger partial charge in [0.05, 0.1) is 12.8 Å². The van der Waals surface area contributed by atoms with Crippen LogP contribution in [0.5, 0.6) is 17.2 Å². The lowest BCUT2D eigenvalue weighted by Crippen LogP contribution is -1.94. The van der Waals surface area contributed by atoms with Crippen molar-refractivity contribution in [2.24, 2.45) is 0 Å². The molecule has 0 aliphatic rings. The number of nitrogen functional groups attached to an aromatic ring is 1. The predicted octanol–water partition coefficient (Wildman–Crippen LogP) is 4.03. The zero-order valence-electron chi connectivity index (χ0n) is 10.2. The maximum absolute atomic E-state index is 5.84. The van der Waals surface area contributed by atoms with Gasteiger partial charge in [-0.3, -0.25) is 0 Å². The number of anilines is 1. The molecule has 0 heterocycles. The Kier molecular flexibility index (Phi) is 3.63. The van der Waals surface area contributed by atoms with E-state index in [1.165, 1.54) is 0 Å². The number of methoxy groups -OCH3 is 1. The standard InChI is InChI=1S/C14H14ClNO2/c1-9-3-5-13(14(7-9)17-2)18-12-6-4-10(15)8-11(12)16/h3-8H,16H2,1-2H3. The first-order chi connectivity index (χ1) is 8.60. The lowest BCUT2D eigenvalue weighted by molar-refractivity contribution is 0.379. The molecule has 0 saturated carbocycles. The molecule has 0 unspecified atom stereocenters. The highest BCUT2D eigenvalue weighted by Crippen LogP contribution is 2.35. The van der Waals surface area contributed by atoms with E-state index in [2.05, 4.69) is 0 Å². The van der Waals surface area contributed by atoms with E-state index < -0.39 is 0 Å². The fraction of sp³-hybridized carbons (Fsp3) is 0.143. The van der Waals surface area contributed by atoms with Crippen molar-refractivity contribution in [1.29, 1.82) is 0 Å². The van der Waals surface area contributed by atoms with E-state index in [0.717, 1.165) is 5.56 Å². The maximum atomic E-state index is 5.84. The molecule has 0 fully saturated rings. The van der Waals surface area contributed by atoms with Gasteiger partial charge in [0.25, 0.3) is 0 Å². The Morgan fingerprint density at radius 1 is 1.00 bits per heavy atom. The van der Waals surface area contributed by atoms with Crippen LogP contribution in [0, 0.1) is 6.92 Å². The molecule has 0 bridgehead atoms. The minimum atomic E-state index is 0.491. The van der Waals surface area contributed by atoms with Crippen molar-refractivity contribution < 1.29 is 9.47 Å². The molecule has 0 aliphatic heterocycles. The number of hydrogen-bond acceptors (Lipinski definition) is 3. The van der Waals surface area contributed by atoms with E-state index in [-0.39, 0.29) is 0 Å². The third-order valence-corrected chi connectivity index (χ3v) is 2.75. The summed E-state index contributed by atoms with van der Waals surface area (Å²) in [5.41, 5.74) is 7.43. The third kappa shape index (κ3) is 2.68. The van der Waals surface area contributed by atoms with Gasteiger partial charge in [-0.15, -0.1) is 0 Å². The minimum Gasteiger partial charge on any atom is -0.493 e. The fourth-order valence-corrected chi connectivity index (χ4v) is 1.77. The van der Waals surface area contributed by atoms with Crippen LogP contribution in [0.2, 0.25) is 5.02 Å². The Labute approximate surface area is 111 Å². The van der Waals surface area contributed by atoms with E-state index in [1.54, 1.807) is 25.3 Å². The number of nitrogens with two attached hydrogens (primary N) is 1. The Balaban J connectivity index is 2.33. The van der Waals surface area contributed by atoms with Crippen LogP contribution >= 0.6 is 11.6 Å². The SMILES string of the molecule is COc1cc(C)ccc1Oc1ccc(Cl)cc1N. The van der Waals surface area contributed by atoms with Crippen molar-refractivity contribution in [3.63, 3.8) is 0 Å². The lowest BCUT2D eigenvalue weighted by Gasteiger charge is -2.12. The van der Waals surface area contributed by atoms with Gasteiger partial charge >= 0.3 is 0 Å². The first-order valence-electron chi connectivity index (χ1n) is 5.47. The van der Waals surface area contributed by atoms with Crippen molar-refractivity contribution in [2.45, 2.75) is 6.92 Å². The molecule has 2 aromatic carbocycles. The summed E-state index contributed by atoms with van der Waals surface area (Å²) in [5.74, 6) is 1.85. The number of ether oxygens (including phenoxy) is 2. The molecule has 0 saturated heterocycles. The normalized spacial score (nSPS) is 10.2. The summed E-state index contributed by atoms with van der Waals surface area (Å²) < 4.78 is 11.0. The molecule has 2 N–H and O–H groups in total. The average molecular weight is 264 g/mol. The molecule has 2 rings (SSSR count). The van der Waals surface area contributed by atoms with Crippen LogP contribution in [0.25, 0.3) is 0 Å². The summed E-state index contributed by atoms with van der Waals surface area (Å²) in [6, 6.07) is 10.8. The molecule has 0 amide bonds. The van der Waals surface area contributed by atoms with Crippen LogP contribution in [0.15, 0.2) is 36.4 Å². The highest BCUT2D eigenvalue weighted by molar-refractivity contribution is 6.30. The van der Waals surface area contributed by atoms with Crippen molar-refractivity contribution in [1.82, 2.24) is 0 Å². The van der Waals surface area contributed by atoms with Crippen LogP contribution in [0.3, 0.4) is 0 Å². The first-order valence-corrected chi connectivity index (χ1v) is 5.85. The molecule has 0 atom stereocenters. The Hall–Kier alpha value is -1.87. The predicted molar refractivity (Wildman–Crippen MR) is 73.7 cm³/mol. The van der Waals surface area contributed by atoms with Crippen LogP contribution < -0.4 is 15.2 Å². The zero-order chi connectivity index (χ0) is 13.1. The van der Waals surface area contributed by atoms with Crippen molar-refractivity contribution in [3.8, 4) is 17.2 Å². The molecule has 94 valence electrons. The topological polar surface area (TPSA) is 44.5 Å². The molecule has 0 radical (unpaired) electrons. The summed E-state index contributed by atoms with van der Waals surface area (Å²) in [4.78, 5) is 0. The van der Waals surface area contributed by atoms with Gasteiger partial charge in [-0.2, -0.15) is 0 Å². The van der Waals surface area contributed by atoms with Gasteiger partial charge in [0, 0.05) is 5.02 Å². The second-order valence-corrected chi connectivity index (χ2v) is 4.37. The Morgan fingerprint density at radius 3 is 2.39 bits per heavy atom. The molecule has 0 aromatic heterocycles. The molecule has 0 aliphatic carbocycles. The molecular weight excluding hydrogens is 250 g/mol. The van der Waals surface area contributed by atoms with Gasteiger partial charge < -0.3 is 15.2 Å². The third-order valence-electron chi connectivity index (χ3n) is 2.51. The number of hydrogen-bond donors (Lipinski definition) is 1. The van der Waals surface area contributed by atoms with E-state index in [1.807, 2.05) is 25.1 Å². The number of aryl methyl sites for hydroxylation is 1. The summed E-state index contributed by atoms with van der Waals surface area (Å²) in [6.07, 6.45) is 0. The van der Waals surface area contributed by atoms with Gasteiger partial charge in [-0.1, -0.05) is 17.7 Å². The average Bonchev–Trinajstić information content (AvgIpc) is 2.34. The minimum absolute atomic E-state index is 0.491. The van der Waals surface area contributed by atoms with Crippen molar-refractivity contribution in [2.75, 3.05) is 12.8 Å². The van der Waals surface area contributed by atoms with E-state index in [4.69, 9.17) is 26.8 Å². The summed E-state index contributed by atoms with van der Waals surface area (Å²) >= 11 is 5.84. The second-order valence-electron chi connectivity index (χ2n) is 3.94. The number of halogens is 1. The molecule has 18 heavy (non-hydrogen) atoms. The second kappa shape index (κ2) is 5.19. The largest absolute Gasteiger partial charge is 0.493 e. The number of rotatable bonds is 3. The van der Waals surface area contributed by atoms with Gasteiger partial charge in [-0.25, -0.2) is 0 Å². The van der Waals surface area contributed by atoms with E-state index in [9.17, 15) is 0 Å². The van der Waals surface area contributed by atoms with Gasteiger partial charge in [0.15, 0.2) is 17.2 Å². The molecule has 4 heteroatoms. The number of benzene rings is 2. The van der Waals surface area contributed by atoms with Crippen LogP contribution in [-0.4, -0.2) is 7.11 Å². The van der Waals surface area contributed by atoms with E-state index >= 15 is 0 Å². The molecule has 3 nitrogen and oxygen atoms in total. The van der Waals surface area contributed by atoms with Crippen LogP contribution in [0.1, 0.15) is 5.56 Å². The Morgan fingerprint density at radius 2 is 1.72 bits per heavy atom. The molecule has 2 aromatic rings. The van der Waals surface area contributed by atoms with Crippen molar-refractivity contribution in [3.05, 3.63) is 47.0 Å². The summed E-state index contributed by atoms with van der Waals surface area (Å²) in [6.45, 7) is 1.99. The monoisotopic (exact) mass is 263 g/mol. The summed E-state index contributed by atoms with van der Waals surface area (Å²) in [5, 5.41) is 0.579. The zero-order valence-corrected chi connectivity index (χ0v) is 11.0. The quantitative estimate of drug-likeness (QED) is 0.851. The fourth-order valence-electron chi connectivity index (χ4n) is 1.59. The van der Waals surface area contributed by atoms with E-state index in [0.29, 0.717) is 28.0 Å². The Bertz CT molecular complexity index is 570. The van der Waals surface area contributed by atoms with Gasteiger partial charge in [0.2, 0.25) is 0 Å². The smallest absolute Gasteiger partial charge is 0.169 e. The van der Waals surface area contributed by atoms with Crippen LogP contribution in [-0.2, 0) is 0 Å². The maximum Gasteiger partial charge on any atom is 0.169 e. The van der Waals surface area contributed by atoms with Crippen molar-refractivity contribution >= 4 is 17.3 Å². The van der Waals surface area contributed by atoms with Gasteiger partial charge in [-0.05, 0) is 42.8 Å². The lowest BCUT2D eigenvalue weighted by atomic mass is 10.2. The summed E-state index contributed by atoms with van der Waals surface area (Å²) in [7, 11) is 1.60. The van der Waals surface area contributed by atoms with Crippen LogP contribution in [0.4, 0.5) is 5.69 Å². The van der Waals surface area contributed by atoms with Gasteiger partial charge in [0.1, 0.15) is 0 Å². The molecule has 0 spiro atoms. The highest BCUT2D eigenvalue weighted by atomic mass is 35.5. The first kappa shape index (κ1) is 12.6. The highest BCUT2D eigenvalue weighted by Gasteiger charge is 2.08. The molecular formula is C14H14ClNO2.